The lowest BCUT2D eigenvalue weighted by Crippen LogP contribution is -2.31. The lowest BCUT2D eigenvalue weighted by molar-refractivity contribution is -0.130. The molecule has 0 unspecified atom stereocenters. The van der Waals surface area contributed by atoms with E-state index in [4.69, 9.17) is 0 Å². The second kappa shape index (κ2) is 4.94. The van der Waals surface area contributed by atoms with E-state index in [2.05, 4.69) is 17.4 Å². The molecule has 0 spiro atoms. The van der Waals surface area contributed by atoms with Crippen LogP contribution in [0.2, 0.25) is 0 Å². The van der Waals surface area contributed by atoms with Gasteiger partial charge in [-0.25, -0.2) is 0 Å². The van der Waals surface area contributed by atoms with Crippen LogP contribution < -0.4 is 5.32 Å². The minimum Gasteiger partial charge on any atom is -0.337 e. The van der Waals surface area contributed by atoms with Crippen LogP contribution in [-0.4, -0.2) is 30.4 Å². The molecular formula is C12H16N2O. The lowest BCUT2D eigenvalue weighted by atomic mass is 10.2. The number of amides is 1. The normalized spacial score (nSPS) is 17.6. The van der Waals surface area contributed by atoms with E-state index in [0.717, 1.165) is 26.2 Å². The van der Waals surface area contributed by atoms with Crippen molar-refractivity contribution in [3.05, 3.63) is 35.9 Å². The van der Waals surface area contributed by atoms with Gasteiger partial charge in [-0.2, -0.15) is 0 Å². The molecule has 1 aliphatic heterocycles. The second-order valence-corrected chi connectivity index (χ2v) is 3.80. The van der Waals surface area contributed by atoms with Crippen LogP contribution in [0.15, 0.2) is 30.3 Å². The summed E-state index contributed by atoms with van der Waals surface area (Å²) in [4.78, 5) is 13.6. The molecule has 3 heteroatoms. The first-order chi connectivity index (χ1) is 7.36. The average Bonchev–Trinajstić information content (AvgIpc) is 2.46. The van der Waals surface area contributed by atoms with Crippen molar-refractivity contribution in [2.45, 2.75) is 13.0 Å². The molecule has 1 aromatic rings. The Labute approximate surface area is 90.1 Å². The third-order valence-corrected chi connectivity index (χ3v) is 2.64. The second-order valence-electron chi connectivity index (χ2n) is 3.80. The van der Waals surface area contributed by atoms with Crippen LogP contribution in [0.1, 0.15) is 12.0 Å². The zero-order chi connectivity index (χ0) is 10.5. The fraction of sp³-hybridized carbons (Fsp3) is 0.417. The highest BCUT2D eigenvalue weighted by molar-refractivity contribution is 5.76. The summed E-state index contributed by atoms with van der Waals surface area (Å²) in [6, 6.07) is 10.1. The molecule has 2 rings (SSSR count). The van der Waals surface area contributed by atoms with Gasteiger partial charge in [0, 0.05) is 32.6 Å². The van der Waals surface area contributed by atoms with E-state index in [0.29, 0.717) is 6.42 Å². The summed E-state index contributed by atoms with van der Waals surface area (Å²) < 4.78 is 0. The van der Waals surface area contributed by atoms with Gasteiger partial charge < -0.3 is 10.2 Å². The van der Waals surface area contributed by atoms with Crippen LogP contribution in [0.4, 0.5) is 0 Å². The maximum atomic E-state index is 11.7. The first-order valence-corrected chi connectivity index (χ1v) is 5.39. The molecule has 0 saturated carbocycles. The topological polar surface area (TPSA) is 32.3 Å². The zero-order valence-corrected chi connectivity index (χ0v) is 8.78. The van der Waals surface area contributed by atoms with Gasteiger partial charge in [0.05, 0.1) is 0 Å². The van der Waals surface area contributed by atoms with Crippen molar-refractivity contribution >= 4 is 5.91 Å². The number of nitrogens with one attached hydrogen (secondary N) is 1. The predicted octanol–water partition coefficient (Wildman–Crippen LogP) is 1.01. The molecule has 1 aliphatic rings. The highest BCUT2D eigenvalue weighted by Crippen LogP contribution is 2.06. The quantitative estimate of drug-likeness (QED) is 0.779. The molecule has 15 heavy (non-hydrogen) atoms. The molecule has 1 saturated heterocycles. The molecule has 0 bridgehead atoms. The fourth-order valence-electron chi connectivity index (χ4n) is 1.79. The molecule has 80 valence electrons. The van der Waals surface area contributed by atoms with Gasteiger partial charge in [-0.05, 0) is 5.56 Å². The van der Waals surface area contributed by atoms with Gasteiger partial charge in [0.2, 0.25) is 5.91 Å². The van der Waals surface area contributed by atoms with Crippen molar-refractivity contribution in [1.82, 2.24) is 10.2 Å². The van der Waals surface area contributed by atoms with Gasteiger partial charge in [-0.1, -0.05) is 30.3 Å². The van der Waals surface area contributed by atoms with Crippen LogP contribution in [0.5, 0.6) is 0 Å². The van der Waals surface area contributed by atoms with E-state index < -0.39 is 0 Å². The lowest BCUT2D eigenvalue weighted by Gasteiger charge is -2.20. The molecule has 1 amide bonds. The Balaban J connectivity index is 2.01. The summed E-state index contributed by atoms with van der Waals surface area (Å²) in [7, 11) is 0. The molecule has 0 atom stereocenters. The number of benzene rings is 1. The van der Waals surface area contributed by atoms with E-state index >= 15 is 0 Å². The highest BCUT2D eigenvalue weighted by atomic mass is 16.2. The van der Waals surface area contributed by atoms with Gasteiger partial charge >= 0.3 is 0 Å². The Morgan fingerprint density at radius 2 is 2.00 bits per heavy atom. The van der Waals surface area contributed by atoms with Crippen molar-refractivity contribution < 1.29 is 4.79 Å². The summed E-state index contributed by atoms with van der Waals surface area (Å²) in [5, 5.41) is 3.23. The standard InChI is InChI=1S/C12H16N2O/c15-12-6-7-13-8-9-14(12)10-11-4-2-1-3-5-11/h1-5,13H,6-10H2. The van der Waals surface area contributed by atoms with Gasteiger partial charge in [0.25, 0.3) is 0 Å². The van der Waals surface area contributed by atoms with E-state index in [1.807, 2.05) is 23.1 Å². The molecule has 0 aliphatic carbocycles. The van der Waals surface area contributed by atoms with Crippen LogP contribution >= 0.6 is 0 Å². The minimum atomic E-state index is 0.254. The number of carbonyl (C=O) groups excluding carboxylic acids is 1. The molecule has 0 aromatic heterocycles. The van der Waals surface area contributed by atoms with Gasteiger partial charge in [0.15, 0.2) is 0 Å². The summed E-state index contributed by atoms with van der Waals surface area (Å²) >= 11 is 0. The van der Waals surface area contributed by atoms with E-state index in [-0.39, 0.29) is 5.91 Å². The summed E-state index contributed by atoms with van der Waals surface area (Å²) in [6.45, 7) is 3.26. The molecular weight excluding hydrogens is 188 g/mol. The molecule has 3 nitrogen and oxygen atoms in total. The van der Waals surface area contributed by atoms with Crippen LogP contribution in [0.25, 0.3) is 0 Å². The van der Waals surface area contributed by atoms with E-state index in [9.17, 15) is 4.79 Å². The minimum absolute atomic E-state index is 0.254. The largest absolute Gasteiger partial charge is 0.337 e. The number of hydrogen-bond donors (Lipinski definition) is 1. The van der Waals surface area contributed by atoms with Crippen molar-refractivity contribution in [2.24, 2.45) is 0 Å². The number of carbonyl (C=O) groups is 1. The Kier molecular flexibility index (Phi) is 3.35. The number of nitrogens with zero attached hydrogens (tertiary/aromatic N) is 1. The first kappa shape index (κ1) is 10.2. The molecule has 0 radical (unpaired) electrons. The summed E-state index contributed by atoms with van der Waals surface area (Å²) in [6.07, 6.45) is 0.618. The Morgan fingerprint density at radius 3 is 2.80 bits per heavy atom. The van der Waals surface area contributed by atoms with Gasteiger partial charge in [0.1, 0.15) is 0 Å². The van der Waals surface area contributed by atoms with E-state index in [1.54, 1.807) is 0 Å². The fourth-order valence-corrected chi connectivity index (χ4v) is 1.79. The Morgan fingerprint density at radius 1 is 1.20 bits per heavy atom. The van der Waals surface area contributed by atoms with Gasteiger partial charge in [-0.15, -0.1) is 0 Å². The number of rotatable bonds is 2. The molecule has 1 N–H and O–H groups in total. The van der Waals surface area contributed by atoms with Crippen molar-refractivity contribution in [3.63, 3.8) is 0 Å². The maximum absolute atomic E-state index is 11.7. The highest BCUT2D eigenvalue weighted by Gasteiger charge is 2.15. The molecule has 1 heterocycles. The third kappa shape index (κ3) is 2.80. The van der Waals surface area contributed by atoms with Crippen molar-refractivity contribution in [1.29, 1.82) is 0 Å². The number of hydrogen-bond acceptors (Lipinski definition) is 2. The monoisotopic (exact) mass is 204 g/mol. The van der Waals surface area contributed by atoms with Crippen LogP contribution in [0, 0.1) is 0 Å². The predicted molar refractivity (Wildman–Crippen MR) is 59.3 cm³/mol. The zero-order valence-electron chi connectivity index (χ0n) is 8.78. The Bertz CT molecular complexity index is 324. The van der Waals surface area contributed by atoms with Crippen molar-refractivity contribution in [3.8, 4) is 0 Å². The van der Waals surface area contributed by atoms with Crippen LogP contribution in [0.3, 0.4) is 0 Å². The van der Waals surface area contributed by atoms with E-state index in [1.165, 1.54) is 5.56 Å². The molecule has 1 aromatic carbocycles. The average molecular weight is 204 g/mol. The van der Waals surface area contributed by atoms with Gasteiger partial charge in [-0.3, -0.25) is 4.79 Å². The molecule has 1 fully saturated rings. The summed E-state index contributed by atoms with van der Waals surface area (Å²) in [5.74, 6) is 0.254. The van der Waals surface area contributed by atoms with Crippen molar-refractivity contribution in [2.75, 3.05) is 19.6 Å². The maximum Gasteiger partial charge on any atom is 0.224 e. The first-order valence-electron chi connectivity index (χ1n) is 5.39. The Hall–Kier alpha value is -1.35. The summed E-state index contributed by atoms with van der Waals surface area (Å²) in [5.41, 5.74) is 1.20. The van der Waals surface area contributed by atoms with Crippen LogP contribution in [-0.2, 0) is 11.3 Å². The third-order valence-electron chi connectivity index (χ3n) is 2.64. The SMILES string of the molecule is O=C1CCNCCN1Cc1ccccc1. The smallest absolute Gasteiger partial charge is 0.224 e.